The van der Waals surface area contributed by atoms with Crippen LogP contribution in [0.2, 0.25) is 0 Å². The molecule has 2 heterocycles. The Kier molecular flexibility index (Phi) is 3.28. The molecular formula is C12H16N2O3. The summed E-state index contributed by atoms with van der Waals surface area (Å²) in [7, 11) is 3.31. The van der Waals surface area contributed by atoms with E-state index in [1.54, 1.807) is 31.3 Å². The molecular weight excluding hydrogens is 220 g/mol. The fraction of sp³-hybridized carbons (Fsp3) is 0.500. The van der Waals surface area contributed by atoms with Gasteiger partial charge in [0.15, 0.2) is 0 Å². The number of carbonyl (C=O) groups excluding carboxylic acids is 1. The Morgan fingerprint density at radius 1 is 1.53 bits per heavy atom. The number of ether oxygens (including phenoxy) is 1. The van der Waals surface area contributed by atoms with Crippen LogP contribution in [0.15, 0.2) is 23.1 Å². The van der Waals surface area contributed by atoms with Crippen molar-refractivity contribution in [3.05, 3.63) is 34.2 Å². The quantitative estimate of drug-likeness (QED) is 0.739. The maximum Gasteiger partial charge on any atom is 0.254 e. The number of hydrogen-bond donors (Lipinski definition) is 0. The van der Waals surface area contributed by atoms with Crippen LogP contribution >= 0.6 is 0 Å². The third kappa shape index (κ3) is 2.39. The molecule has 1 atom stereocenters. The minimum atomic E-state index is -0.168. The molecule has 1 amide bonds. The highest BCUT2D eigenvalue weighted by molar-refractivity contribution is 5.94. The van der Waals surface area contributed by atoms with Gasteiger partial charge in [-0.15, -0.1) is 0 Å². The molecule has 0 spiro atoms. The number of amides is 1. The van der Waals surface area contributed by atoms with Gasteiger partial charge in [0.25, 0.3) is 11.5 Å². The van der Waals surface area contributed by atoms with Crippen molar-refractivity contribution in [3.8, 4) is 0 Å². The Morgan fingerprint density at radius 2 is 2.29 bits per heavy atom. The maximum absolute atomic E-state index is 12.1. The van der Waals surface area contributed by atoms with Gasteiger partial charge < -0.3 is 14.2 Å². The molecule has 1 aromatic rings. The molecule has 1 aromatic heterocycles. The Labute approximate surface area is 99.6 Å². The highest BCUT2D eigenvalue weighted by Crippen LogP contribution is 2.14. The molecule has 0 bridgehead atoms. The first-order valence-electron chi connectivity index (χ1n) is 5.60. The standard InChI is InChI=1S/C12H16N2O3/c1-13-5-3-9(7-11(13)15)12(16)14-6-4-10(8-14)17-2/h3,5,7,10H,4,6,8H2,1-2H3. The second kappa shape index (κ2) is 4.71. The number of aromatic nitrogens is 1. The van der Waals surface area contributed by atoms with Crippen molar-refractivity contribution in [2.75, 3.05) is 20.2 Å². The van der Waals surface area contributed by atoms with E-state index in [4.69, 9.17) is 4.74 Å². The number of pyridine rings is 1. The SMILES string of the molecule is COC1CCN(C(=O)c2ccn(C)c(=O)c2)C1. The van der Waals surface area contributed by atoms with E-state index in [0.717, 1.165) is 6.42 Å². The Balaban J connectivity index is 2.15. The van der Waals surface area contributed by atoms with E-state index in [2.05, 4.69) is 0 Å². The molecule has 1 aliphatic heterocycles. The summed E-state index contributed by atoms with van der Waals surface area (Å²) in [5.74, 6) is -0.0951. The van der Waals surface area contributed by atoms with Crippen molar-refractivity contribution in [2.45, 2.75) is 12.5 Å². The number of aryl methyl sites for hydroxylation is 1. The van der Waals surface area contributed by atoms with Crippen LogP contribution in [-0.4, -0.2) is 41.7 Å². The third-order valence-electron chi connectivity index (χ3n) is 3.12. The van der Waals surface area contributed by atoms with Crippen LogP contribution in [-0.2, 0) is 11.8 Å². The van der Waals surface area contributed by atoms with Crippen LogP contribution in [0.25, 0.3) is 0 Å². The van der Waals surface area contributed by atoms with Gasteiger partial charge in [-0.05, 0) is 12.5 Å². The molecule has 1 aliphatic rings. The van der Waals surface area contributed by atoms with E-state index in [9.17, 15) is 9.59 Å². The fourth-order valence-electron chi connectivity index (χ4n) is 1.97. The van der Waals surface area contributed by atoms with Crippen molar-refractivity contribution in [2.24, 2.45) is 7.05 Å². The zero-order chi connectivity index (χ0) is 12.4. The first-order chi connectivity index (χ1) is 8.11. The number of carbonyl (C=O) groups is 1. The van der Waals surface area contributed by atoms with Gasteiger partial charge in [-0.2, -0.15) is 0 Å². The lowest BCUT2D eigenvalue weighted by molar-refractivity contribution is 0.0724. The molecule has 2 rings (SSSR count). The molecule has 17 heavy (non-hydrogen) atoms. The summed E-state index contributed by atoms with van der Waals surface area (Å²) in [6.07, 6.45) is 2.58. The molecule has 5 nitrogen and oxygen atoms in total. The van der Waals surface area contributed by atoms with Crippen LogP contribution in [0, 0.1) is 0 Å². The first kappa shape index (κ1) is 11.9. The normalized spacial score (nSPS) is 19.6. The predicted molar refractivity (Wildman–Crippen MR) is 63.0 cm³/mol. The van der Waals surface area contributed by atoms with Gasteiger partial charge in [0.1, 0.15) is 0 Å². The van der Waals surface area contributed by atoms with Gasteiger partial charge in [-0.25, -0.2) is 0 Å². The molecule has 0 aliphatic carbocycles. The largest absolute Gasteiger partial charge is 0.380 e. The topological polar surface area (TPSA) is 51.5 Å². The van der Waals surface area contributed by atoms with Crippen LogP contribution in [0.3, 0.4) is 0 Å². The average Bonchev–Trinajstić information content (AvgIpc) is 2.80. The second-order valence-corrected chi connectivity index (χ2v) is 4.26. The number of nitrogens with zero attached hydrogens (tertiary/aromatic N) is 2. The molecule has 0 aromatic carbocycles. The van der Waals surface area contributed by atoms with E-state index >= 15 is 0 Å². The summed E-state index contributed by atoms with van der Waals surface area (Å²) in [4.78, 5) is 25.3. The summed E-state index contributed by atoms with van der Waals surface area (Å²) in [6, 6.07) is 3.05. The third-order valence-corrected chi connectivity index (χ3v) is 3.12. The second-order valence-electron chi connectivity index (χ2n) is 4.26. The number of hydrogen-bond acceptors (Lipinski definition) is 3. The van der Waals surface area contributed by atoms with E-state index in [1.807, 2.05) is 0 Å². The van der Waals surface area contributed by atoms with Gasteiger partial charge in [-0.3, -0.25) is 9.59 Å². The number of methoxy groups -OCH3 is 1. The van der Waals surface area contributed by atoms with Crippen LogP contribution < -0.4 is 5.56 Å². The summed E-state index contributed by atoms with van der Waals surface area (Å²) in [5, 5.41) is 0. The molecule has 0 radical (unpaired) electrons. The minimum absolute atomic E-state index is 0.0951. The zero-order valence-corrected chi connectivity index (χ0v) is 10.0. The van der Waals surface area contributed by atoms with E-state index in [1.165, 1.54) is 10.6 Å². The van der Waals surface area contributed by atoms with Crippen LogP contribution in [0.4, 0.5) is 0 Å². The molecule has 1 saturated heterocycles. The molecule has 5 heteroatoms. The number of likely N-dealkylation sites (tertiary alicyclic amines) is 1. The average molecular weight is 236 g/mol. The molecule has 92 valence electrons. The smallest absolute Gasteiger partial charge is 0.254 e. The van der Waals surface area contributed by atoms with Gasteiger partial charge in [-0.1, -0.05) is 0 Å². The van der Waals surface area contributed by atoms with Gasteiger partial charge in [0, 0.05) is 45.1 Å². The van der Waals surface area contributed by atoms with Crippen molar-refractivity contribution >= 4 is 5.91 Å². The fourth-order valence-corrected chi connectivity index (χ4v) is 1.97. The van der Waals surface area contributed by atoms with Crippen molar-refractivity contribution in [3.63, 3.8) is 0 Å². The Morgan fingerprint density at radius 3 is 2.88 bits per heavy atom. The summed E-state index contributed by atoms with van der Waals surface area (Å²) >= 11 is 0. The van der Waals surface area contributed by atoms with Gasteiger partial charge in [0.05, 0.1) is 6.10 Å². The van der Waals surface area contributed by atoms with E-state index in [0.29, 0.717) is 18.7 Å². The Bertz CT molecular complexity index is 481. The lowest BCUT2D eigenvalue weighted by atomic mass is 10.2. The summed E-state index contributed by atoms with van der Waals surface area (Å²) in [5.41, 5.74) is 0.281. The molecule has 0 N–H and O–H groups in total. The van der Waals surface area contributed by atoms with E-state index in [-0.39, 0.29) is 17.6 Å². The molecule has 1 fully saturated rings. The molecule has 1 unspecified atom stereocenters. The van der Waals surface area contributed by atoms with Gasteiger partial charge in [0.2, 0.25) is 0 Å². The lowest BCUT2D eigenvalue weighted by Crippen LogP contribution is -2.31. The highest BCUT2D eigenvalue weighted by Gasteiger charge is 2.26. The maximum atomic E-state index is 12.1. The number of rotatable bonds is 2. The van der Waals surface area contributed by atoms with Crippen LogP contribution in [0.1, 0.15) is 16.8 Å². The van der Waals surface area contributed by atoms with E-state index < -0.39 is 0 Å². The van der Waals surface area contributed by atoms with Crippen molar-refractivity contribution in [1.82, 2.24) is 9.47 Å². The van der Waals surface area contributed by atoms with Crippen molar-refractivity contribution < 1.29 is 9.53 Å². The summed E-state index contributed by atoms with van der Waals surface area (Å²) in [6.45, 7) is 1.29. The summed E-state index contributed by atoms with van der Waals surface area (Å²) < 4.78 is 6.65. The monoisotopic (exact) mass is 236 g/mol. The van der Waals surface area contributed by atoms with Crippen LogP contribution in [0.5, 0.6) is 0 Å². The lowest BCUT2D eigenvalue weighted by Gasteiger charge is -2.16. The minimum Gasteiger partial charge on any atom is -0.380 e. The van der Waals surface area contributed by atoms with Gasteiger partial charge >= 0.3 is 0 Å². The zero-order valence-electron chi connectivity index (χ0n) is 10.0. The molecule has 0 saturated carbocycles. The highest BCUT2D eigenvalue weighted by atomic mass is 16.5. The predicted octanol–water partition coefficient (Wildman–Crippen LogP) is 0.246. The van der Waals surface area contributed by atoms with Crippen molar-refractivity contribution in [1.29, 1.82) is 0 Å². The first-order valence-corrected chi connectivity index (χ1v) is 5.60. The Hall–Kier alpha value is -1.62.